The molecule has 1 fully saturated rings. The molecule has 0 aromatic heterocycles. The lowest BCUT2D eigenvalue weighted by Crippen LogP contribution is -2.38. The van der Waals surface area contributed by atoms with E-state index < -0.39 is 20.7 Å². The van der Waals surface area contributed by atoms with E-state index in [1.54, 1.807) is 30.3 Å². The van der Waals surface area contributed by atoms with Crippen LogP contribution in [0, 0.1) is 0 Å². The number of aliphatic hydroxyl groups is 1. The van der Waals surface area contributed by atoms with Gasteiger partial charge in [-0.3, -0.25) is 0 Å². The van der Waals surface area contributed by atoms with Crippen LogP contribution in [0.15, 0.2) is 65.6 Å². The lowest BCUT2D eigenvalue weighted by molar-refractivity contribution is 0.147. The highest BCUT2D eigenvalue weighted by Crippen LogP contribution is 2.61. The van der Waals surface area contributed by atoms with Crippen LogP contribution in [0.25, 0.3) is 0 Å². The summed E-state index contributed by atoms with van der Waals surface area (Å²) >= 11 is 0. The van der Waals surface area contributed by atoms with Crippen LogP contribution >= 0.6 is 0 Å². The molecule has 1 aliphatic rings. The third-order valence-corrected chi connectivity index (χ3v) is 7.45. The predicted octanol–water partition coefficient (Wildman–Crippen LogP) is 3.55. The molecular formula is C19H22O3S. The number of aliphatic hydroxyl groups excluding tert-OH is 1. The molecule has 1 N–H and O–H groups in total. The van der Waals surface area contributed by atoms with Crippen LogP contribution in [-0.2, 0) is 9.84 Å². The Kier molecular flexibility index (Phi) is 4.30. The Morgan fingerprint density at radius 3 is 2.22 bits per heavy atom. The van der Waals surface area contributed by atoms with Gasteiger partial charge < -0.3 is 5.11 Å². The van der Waals surface area contributed by atoms with Crippen LogP contribution in [0.1, 0.15) is 37.7 Å². The minimum Gasteiger partial charge on any atom is -0.391 e. The first-order chi connectivity index (χ1) is 11.0. The van der Waals surface area contributed by atoms with E-state index in [1.165, 1.54) is 0 Å². The van der Waals surface area contributed by atoms with Crippen molar-refractivity contribution in [3.63, 3.8) is 0 Å². The fraction of sp³-hybridized carbons (Fsp3) is 0.368. The summed E-state index contributed by atoms with van der Waals surface area (Å²) < 4.78 is 25.4. The molecule has 122 valence electrons. The molecule has 0 bridgehead atoms. The Morgan fingerprint density at radius 1 is 1.09 bits per heavy atom. The SMILES string of the molecule is CCCC(O)[C@@]1(S(=O)(=O)c2ccccc2)C[C@@H]1c1ccccc1. The van der Waals surface area contributed by atoms with Crippen LogP contribution in [-0.4, -0.2) is 24.4 Å². The van der Waals surface area contributed by atoms with Crippen LogP contribution in [0.4, 0.5) is 0 Å². The van der Waals surface area contributed by atoms with Gasteiger partial charge in [-0.2, -0.15) is 0 Å². The van der Waals surface area contributed by atoms with Gasteiger partial charge in [0.05, 0.1) is 11.0 Å². The van der Waals surface area contributed by atoms with E-state index in [2.05, 4.69) is 0 Å². The van der Waals surface area contributed by atoms with Crippen molar-refractivity contribution in [2.24, 2.45) is 0 Å². The fourth-order valence-corrected chi connectivity index (χ4v) is 5.85. The molecule has 3 atom stereocenters. The van der Waals surface area contributed by atoms with Gasteiger partial charge >= 0.3 is 0 Å². The minimum absolute atomic E-state index is 0.143. The van der Waals surface area contributed by atoms with Gasteiger partial charge in [-0.15, -0.1) is 0 Å². The molecule has 2 aromatic rings. The Balaban J connectivity index is 2.05. The van der Waals surface area contributed by atoms with E-state index in [1.807, 2.05) is 37.3 Å². The van der Waals surface area contributed by atoms with Crippen molar-refractivity contribution in [3.05, 3.63) is 66.2 Å². The van der Waals surface area contributed by atoms with Crippen molar-refractivity contribution < 1.29 is 13.5 Å². The Labute approximate surface area is 137 Å². The topological polar surface area (TPSA) is 54.4 Å². The standard InChI is InChI=1S/C19H22O3S/c1-2-9-18(20)19(14-17(19)15-10-5-3-6-11-15)23(21,22)16-12-7-4-8-13-16/h3-8,10-13,17-18,20H,2,9,14H2,1H3/t17-,18?,19-/m1/s1. The summed E-state index contributed by atoms with van der Waals surface area (Å²) in [6.45, 7) is 1.96. The molecule has 3 rings (SSSR count). The molecule has 0 aliphatic heterocycles. The summed E-state index contributed by atoms with van der Waals surface area (Å²) in [7, 11) is -3.60. The minimum atomic E-state index is -3.60. The largest absolute Gasteiger partial charge is 0.391 e. The molecule has 1 aliphatic carbocycles. The molecule has 0 amide bonds. The number of benzene rings is 2. The Bertz CT molecular complexity index is 756. The third-order valence-electron chi connectivity index (χ3n) is 4.83. The summed E-state index contributed by atoms with van der Waals surface area (Å²) in [5, 5.41) is 10.7. The van der Waals surface area contributed by atoms with Gasteiger partial charge in [0.15, 0.2) is 9.84 Å². The second-order valence-electron chi connectivity index (χ2n) is 6.24. The average molecular weight is 330 g/mol. The number of rotatable bonds is 6. The molecule has 0 radical (unpaired) electrons. The summed E-state index contributed by atoms with van der Waals surface area (Å²) in [4.78, 5) is 0.300. The van der Waals surface area contributed by atoms with Crippen molar-refractivity contribution in [1.82, 2.24) is 0 Å². The van der Waals surface area contributed by atoms with Crippen molar-refractivity contribution >= 4 is 9.84 Å². The van der Waals surface area contributed by atoms with Crippen molar-refractivity contribution in [3.8, 4) is 0 Å². The normalized spacial score (nSPS) is 25.0. The molecule has 0 saturated heterocycles. The van der Waals surface area contributed by atoms with Gasteiger partial charge in [0, 0.05) is 5.92 Å². The first-order valence-electron chi connectivity index (χ1n) is 8.06. The zero-order chi connectivity index (χ0) is 16.5. The molecule has 2 aromatic carbocycles. The van der Waals surface area contributed by atoms with Gasteiger partial charge in [-0.1, -0.05) is 61.9 Å². The van der Waals surface area contributed by atoms with Gasteiger partial charge in [-0.05, 0) is 30.5 Å². The maximum absolute atomic E-state index is 13.3. The van der Waals surface area contributed by atoms with Gasteiger partial charge in [-0.25, -0.2) is 8.42 Å². The molecule has 0 heterocycles. The van der Waals surface area contributed by atoms with E-state index in [4.69, 9.17) is 0 Å². The lowest BCUT2D eigenvalue weighted by atomic mass is 10.0. The van der Waals surface area contributed by atoms with Crippen LogP contribution in [0.3, 0.4) is 0 Å². The molecule has 4 heteroatoms. The highest BCUT2D eigenvalue weighted by molar-refractivity contribution is 7.93. The Hall–Kier alpha value is -1.65. The van der Waals surface area contributed by atoms with E-state index in [-0.39, 0.29) is 5.92 Å². The zero-order valence-corrected chi connectivity index (χ0v) is 14.0. The Morgan fingerprint density at radius 2 is 1.65 bits per heavy atom. The molecular weight excluding hydrogens is 308 g/mol. The van der Waals surface area contributed by atoms with Gasteiger partial charge in [0.25, 0.3) is 0 Å². The zero-order valence-electron chi connectivity index (χ0n) is 13.2. The van der Waals surface area contributed by atoms with Crippen LogP contribution in [0.2, 0.25) is 0 Å². The van der Waals surface area contributed by atoms with Gasteiger partial charge in [0.1, 0.15) is 4.75 Å². The maximum atomic E-state index is 13.3. The van der Waals surface area contributed by atoms with Gasteiger partial charge in [0.2, 0.25) is 0 Å². The average Bonchev–Trinajstić information content (AvgIpc) is 3.34. The summed E-state index contributed by atoms with van der Waals surface area (Å²) in [5.74, 6) is -0.143. The highest BCUT2D eigenvalue weighted by atomic mass is 32.2. The quantitative estimate of drug-likeness (QED) is 0.881. The monoisotopic (exact) mass is 330 g/mol. The highest BCUT2D eigenvalue weighted by Gasteiger charge is 2.67. The van der Waals surface area contributed by atoms with E-state index in [9.17, 15) is 13.5 Å². The second kappa shape index (κ2) is 6.10. The number of sulfone groups is 1. The number of hydrogen-bond acceptors (Lipinski definition) is 3. The summed E-state index contributed by atoms with van der Waals surface area (Å²) in [6.07, 6.45) is 0.891. The van der Waals surface area contributed by atoms with Crippen LogP contribution in [0.5, 0.6) is 0 Å². The molecule has 23 heavy (non-hydrogen) atoms. The first kappa shape index (κ1) is 16.2. The summed E-state index contributed by atoms with van der Waals surface area (Å²) in [6, 6.07) is 18.2. The number of hydrogen-bond donors (Lipinski definition) is 1. The third kappa shape index (κ3) is 2.60. The summed E-state index contributed by atoms with van der Waals surface area (Å²) in [5.41, 5.74) is 0.988. The molecule has 1 unspecified atom stereocenters. The van der Waals surface area contributed by atoms with E-state index in [0.717, 1.165) is 12.0 Å². The molecule has 3 nitrogen and oxygen atoms in total. The molecule has 0 spiro atoms. The van der Waals surface area contributed by atoms with Crippen LogP contribution < -0.4 is 0 Å². The van der Waals surface area contributed by atoms with Crippen molar-refractivity contribution in [2.45, 2.75) is 47.9 Å². The van der Waals surface area contributed by atoms with Crippen molar-refractivity contribution in [2.75, 3.05) is 0 Å². The predicted molar refractivity (Wildman–Crippen MR) is 91.1 cm³/mol. The van der Waals surface area contributed by atoms with E-state index in [0.29, 0.717) is 17.7 Å². The van der Waals surface area contributed by atoms with Crippen molar-refractivity contribution in [1.29, 1.82) is 0 Å². The lowest BCUT2D eigenvalue weighted by Gasteiger charge is -2.24. The first-order valence-corrected chi connectivity index (χ1v) is 9.55. The van der Waals surface area contributed by atoms with E-state index >= 15 is 0 Å². The maximum Gasteiger partial charge on any atom is 0.187 e. The molecule has 1 saturated carbocycles. The fourth-order valence-electron chi connectivity index (χ4n) is 3.53. The smallest absolute Gasteiger partial charge is 0.187 e. The second-order valence-corrected chi connectivity index (χ2v) is 8.48.